The Labute approximate surface area is 277 Å². The number of aryl methyl sites for hydroxylation is 2. The van der Waals surface area contributed by atoms with Gasteiger partial charge in [0.25, 0.3) is 0 Å². The fourth-order valence-corrected chi connectivity index (χ4v) is 6.14. The number of hydrogen-bond donors (Lipinski definition) is 0. The summed E-state index contributed by atoms with van der Waals surface area (Å²) in [5.41, 5.74) is 6.42. The van der Waals surface area contributed by atoms with E-state index in [0.717, 1.165) is 70.8 Å². The molecule has 2 aromatic carbocycles. The maximum absolute atomic E-state index is 13.8. The molecule has 2 aromatic heterocycles. The molecule has 47 heavy (non-hydrogen) atoms. The van der Waals surface area contributed by atoms with Crippen molar-refractivity contribution in [2.75, 3.05) is 18.0 Å². The Morgan fingerprint density at radius 3 is 2.30 bits per heavy atom. The third-order valence-electron chi connectivity index (χ3n) is 8.50. The molecule has 0 spiro atoms. The molecule has 0 bridgehead atoms. The van der Waals surface area contributed by atoms with Gasteiger partial charge in [0.15, 0.2) is 11.9 Å². The molecule has 0 radical (unpaired) electrons. The van der Waals surface area contributed by atoms with Crippen molar-refractivity contribution in [3.63, 3.8) is 0 Å². The summed E-state index contributed by atoms with van der Waals surface area (Å²) < 4.78 is 27.6. The predicted molar refractivity (Wildman–Crippen MR) is 181 cm³/mol. The van der Waals surface area contributed by atoms with Crippen LogP contribution in [0.5, 0.6) is 0 Å². The molecule has 0 saturated carbocycles. The Balaban J connectivity index is 1.68. The Morgan fingerprint density at radius 2 is 1.66 bits per heavy atom. The zero-order valence-corrected chi connectivity index (χ0v) is 29.1. The standard InChI is InChI=1S/C37H47FN6O3/c1-23(2)46-35(45)33(47-36(5,6)7)31-25(4)39-24(3)30(32(31)43-19-17-37(8,9)18-20-43)27-11-10-12-28(21-27)34-40-41-42-44(34)22-26-13-15-29(38)16-14-26/h10-16,21,23,33H,17-20,22H2,1-9H3. The van der Waals surface area contributed by atoms with Gasteiger partial charge < -0.3 is 14.4 Å². The Bertz CT molecular complexity index is 1720. The van der Waals surface area contributed by atoms with Crippen LogP contribution in [0.1, 0.15) is 89.9 Å². The highest BCUT2D eigenvalue weighted by molar-refractivity contribution is 5.89. The minimum Gasteiger partial charge on any atom is -0.461 e. The summed E-state index contributed by atoms with van der Waals surface area (Å²) in [5, 5.41) is 12.6. The van der Waals surface area contributed by atoms with Crippen molar-refractivity contribution < 1.29 is 18.7 Å². The van der Waals surface area contributed by atoms with E-state index in [0.29, 0.717) is 12.4 Å². The molecular weight excluding hydrogens is 595 g/mol. The van der Waals surface area contributed by atoms with Crippen LogP contribution in [0.2, 0.25) is 0 Å². The van der Waals surface area contributed by atoms with Crippen molar-refractivity contribution in [1.82, 2.24) is 25.2 Å². The third kappa shape index (κ3) is 8.04. The normalized spacial score (nSPS) is 15.6. The van der Waals surface area contributed by atoms with E-state index in [1.165, 1.54) is 12.1 Å². The topological polar surface area (TPSA) is 95.3 Å². The maximum Gasteiger partial charge on any atom is 0.340 e. The van der Waals surface area contributed by atoms with Crippen molar-refractivity contribution in [3.8, 4) is 22.5 Å². The number of tetrazole rings is 1. The summed E-state index contributed by atoms with van der Waals surface area (Å²) >= 11 is 0. The number of pyridine rings is 1. The van der Waals surface area contributed by atoms with Gasteiger partial charge in [-0.1, -0.05) is 44.2 Å². The average Bonchev–Trinajstić information content (AvgIpc) is 3.44. The van der Waals surface area contributed by atoms with E-state index in [1.807, 2.05) is 60.6 Å². The van der Waals surface area contributed by atoms with Crippen molar-refractivity contribution in [2.24, 2.45) is 5.41 Å². The van der Waals surface area contributed by atoms with Gasteiger partial charge in [-0.15, -0.1) is 5.10 Å². The number of anilines is 1. The van der Waals surface area contributed by atoms with E-state index in [-0.39, 0.29) is 17.3 Å². The summed E-state index contributed by atoms with van der Waals surface area (Å²) in [4.78, 5) is 21.3. The Kier molecular flexibility index (Phi) is 9.82. The van der Waals surface area contributed by atoms with Crippen LogP contribution < -0.4 is 4.90 Å². The highest BCUT2D eigenvalue weighted by atomic mass is 19.1. The molecule has 1 fully saturated rings. The molecule has 0 N–H and O–H groups in total. The van der Waals surface area contributed by atoms with Gasteiger partial charge in [-0.3, -0.25) is 4.98 Å². The van der Waals surface area contributed by atoms with E-state index in [9.17, 15) is 9.18 Å². The summed E-state index contributed by atoms with van der Waals surface area (Å²) in [7, 11) is 0. The van der Waals surface area contributed by atoms with Gasteiger partial charge in [0.05, 0.1) is 23.9 Å². The molecule has 1 atom stereocenters. The van der Waals surface area contributed by atoms with Gasteiger partial charge in [0.1, 0.15) is 5.82 Å². The Hall–Kier alpha value is -4.18. The number of aromatic nitrogens is 5. The Morgan fingerprint density at radius 1 is 1.00 bits per heavy atom. The highest BCUT2D eigenvalue weighted by Crippen LogP contribution is 2.45. The van der Waals surface area contributed by atoms with Gasteiger partial charge >= 0.3 is 5.97 Å². The number of halogens is 1. The molecule has 1 saturated heterocycles. The van der Waals surface area contributed by atoms with Crippen LogP contribution in [0.25, 0.3) is 22.5 Å². The molecule has 4 aromatic rings. The van der Waals surface area contributed by atoms with Gasteiger partial charge in [-0.2, -0.15) is 0 Å². The number of nitrogens with zero attached hydrogens (tertiary/aromatic N) is 6. The highest BCUT2D eigenvalue weighted by Gasteiger charge is 2.37. The van der Waals surface area contributed by atoms with Gasteiger partial charge in [0, 0.05) is 41.2 Å². The van der Waals surface area contributed by atoms with Gasteiger partial charge in [-0.25, -0.2) is 13.9 Å². The first-order chi connectivity index (χ1) is 22.1. The number of carbonyl (C=O) groups is 1. The first-order valence-corrected chi connectivity index (χ1v) is 16.4. The second kappa shape index (κ2) is 13.5. The molecule has 0 amide bonds. The second-order valence-electron chi connectivity index (χ2n) is 14.5. The SMILES string of the molecule is Cc1nc(C)c(C(OC(C)(C)C)C(=O)OC(C)C)c(N2CCC(C)(C)CC2)c1-c1cccc(-c2nnnn2Cc2ccc(F)cc2)c1. The minimum absolute atomic E-state index is 0.216. The zero-order chi connectivity index (χ0) is 34.1. The monoisotopic (exact) mass is 642 g/mol. The van der Waals surface area contributed by atoms with Crippen LogP contribution in [-0.4, -0.2) is 56.0 Å². The van der Waals surface area contributed by atoms with E-state index in [4.69, 9.17) is 14.5 Å². The lowest BCUT2D eigenvalue weighted by molar-refractivity contribution is -0.171. The van der Waals surface area contributed by atoms with Crippen LogP contribution in [0.15, 0.2) is 48.5 Å². The maximum atomic E-state index is 13.8. The molecule has 1 unspecified atom stereocenters. The van der Waals surface area contributed by atoms with Gasteiger partial charge in [-0.05, 0) is 106 Å². The number of hydrogen-bond acceptors (Lipinski definition) is 8. The number of rotatable bonds is 9. The van der Waals surface area contributed by atoms with E-state index < -0.39 is 17.7 Å². The van der Waals surface area contributed by atoms with E-state index in [1.54, 1.807) is 16.8 Å². The van der Waals surface area contributed by atoms with E-state index >= 15 is 0 Å². The van der Waals surface area contributed by atoms with Crippen LogP contribution in [0.4, 0.5) is 10.1 Å². The number of esters is 1. The molecule has 5 rings (SSSR count). The molecule has 10 heteroatoms. The number of piperidine rings is 1. The van der Waals surface area contributed by atoms with Crippen LogP contribution in [0.3, 0.4) is 0 Å². The molecule has 1 aliphatic heterocycles. The fourth-order valence-electron chi connectivity index (χ4n) is 6.14. The van der Waals surface area contributed by atoms with Crippen LogP contribution in [0, 0.1) is 25.1 Å². The number of ether oxygens (including phenoxy) is 2. The lowest BCUT2D eigenvalue weighted by Crippen LogP contribution is -2.39. The first kappa shape index (κ1) is 34.2. The number of carbonyl (C=O) groups excluding carboxylic acids is 1. The van der Waals surface area contributed by atoms with Crippen molar-refractivity contribution in [2.45, 2.75) is 99.5 Å². The summed E-state index contributed by atoms with van der Waals surface area (Å²) in [5.74, 6) is -0.132. The molecule has 1 aliphatic rings. The average molecular weight is 643 g/mol. The zero-order valence-electron chi connectivity index (χ0n) is 29.1. The summed E-state index contributed by atoms with van der Waals surface area (Å²) in [6.45, 7) is 20.2. The van der Waals surface area contributed by atoms with Gasteiger partial charge in [0.2, 0.25) is 0 Å². The lowest BCUT2D eigenvalue weighted by Gasteiger charge is -2.41. The lowest BCUT2D eigenvalue weighted by atomic mass is 9.81. The van der Waals surface area contributed by atoms with Crippen molar-refractivity contribution in [3.05, 3.63) is 76.9 Å². The smallest absolute Gasteiger partial charge is 0.340 e. The predicted octanol–water partition coefficient (Wildman–Crippen LogP) is 7.64. The van der Waals surface area contributed by atoms with Crippen molar-refractivity contribution in [1.29, 1.82) is 0 Å². The largest absolute Gasteiger partial charge is 0.461 e. The molecule has 3 heterocycles. The number of benzene rings is 2. The quantitative estimate of drug-likeness (QED) is 0.172. The van der Waals surface area contributed by atoms with Crippen LogP contribution >= 0.6 is 0 Å². The summed E-state index contributed by atoms with van der Waals surface area (Å²) in [6.07, 6.45) is 0.737. The fraction of sp³-hybridized carbons (Fsp3) is 0.486. The molecular formula is C37H47FN6O3. The van der Waals surface area contributed by atoms with E-state index in [2.05, 4.69) is 46.4 Å². The first-order valence-electron chi connectivity index (χ1n) is 16.4. The minimum atomic E-state index is -0.972. The summed E-state index contributed by atoms with van der Waals surface area (Å²) in [6, 6.07) is 14.4. The molecule has 9 nitrogen and oxygen atoms in total. The van der Waals surface area contributed by atoms with Crippen LogP contribution in [-0.2, 0) is 20.8 Å². The molecule has 0 aliphatic carbocycles. The third-order valence-corrected chi connectivity index (χ3v) is 8.50. The molecule has 250 valence electrons. The van der Waals surface area contributed by atoms with Crippen molar-refractivity contribution >= 4 is 11.7 Å². The second-order valence-corrected chi connectivity index (χ2v) is 14.5.